The minimum Gasteiger partial charge on any atom is -0.481 e. The average Bonchev–Trinajstić information content (AvgIpc) is 1.000. The van der Waals surface area contributed by atoms with Gasteiger partial charge in [0.25, 0.3) is 5.91 Å². The Labute approximate surface area is 659 Å². The number of aromatic nitrogens is 1. The van der Waals surface area contributed by atoms with Gasteiger partial charge < -0.3 is 75.6 Å². The molecule has 8 atom stereocenters. The Morgan fingerprint density at radius 1 is 0.748 bits per heavy atom. The van der Waals surface area contributed by atoms with E-state index in [9.17, 15) is 53.4 Å². The molecule has 28 heteroatoms. The van der Waals surface area contributed by atoms with Gasteiger partial charge in [-0.2, -0.15) is 0 Å². The maximum absolute atomic E-state index is 15.1. The summed E-state index contributed by atoms with van der Waals surface area (Å²) in [6.07, 6.45) is 9.12. The summed E-state index contributed by atoms with van der Waals surface area (Å²) >= 11 is 1.27. The number of thiazole rings is 1. The number of hydrogen-bond acceptors (Lipinski definition) is 18. The van der Waals surface area contributed by atoms with E-state index >= 15 is 4.79 Å². The highest BCUT2D eigenvalue weighted by molar-refractivity contribution is 7.09. The highest BCUT2D eigenvalue weighted by Gasteiger charge is 2.39. The molecule has 612 valence electrons. The van der Waals surface area contributed by atoms with Gasteiger partial charge in [0.05, 0.1) is 77.4 Å². The van der Waals surface area contributed by atoms with Crippen LogP contribution in [-0.4, -0.2) is 207 Å². The number of benzene rings is 3. The first-order valence-corrected chi connectivity index (χ1v) is 40.4. The van der Waals surface area contributed by atoms with Crippen LogP contribution in [0.15, 0.2) is 90.8 Å². The summed E-state index contributed by atoms with van der Waals surface area (Å²) in [6, 6.07) is 19.3. The molecule has 0 radical (unpaired) electrons. The third-order valence-electron chi connectivity index (χ3n) is 20.3. The molecule has 27 nitrogen and oxygen atoms in total. The average molecular weight is 1560 g/mol. The zero-order valence-corrected chi connectivity index (χ0v) is 67.4. The van der Waals surface area contributed by atoms with E-state index in [1.165, 1.54) is 11.3 Å². The molecule has 0 spiro atoms. The van der Waals surface area contributed by atoms with E-state index in [4.69, 9.17) is 28.7 Å². The van der Waals surface area contributed by atoms with Crippen molar-refractivity contribution in [1.82, 2.24) is 41.4 Å². The number of amides is 8. The van der Waals surface area contributed by atoms with Gasteiger partial charge in [0.2, 0.25) is 41.4 Å². The van der Waals surface area contributed by atoms with Crippen LogP contribution in [0.4, 0.5) is 11.4 Å². The maximum Gasteiger partial charge on any atom is 0.309 e. The number of anilines is 2. The van der Waals surface area contributed by atoms with Crippen molar-refractivity contribution >= 4 is 81.9 Å². The Kier molecular flexibility index (Phi) is 39.9. The fourth-order valence-electron chi connectivity index (χ4n) is 13.7. The number of allylic oxidation sites excluding steroid dienone is 1. The topological polar surface area (TPSA) is 352 Å². The summed E-state index contributed by atoms with van der Waals surface area (Å²) in [5, 5.41) is 38.6. The van der Waals surface area contributed by atoms with E-state index < -0.39 is 78.2 Å². The largest absolute Gasteiger partial charge is 0.481 e. The number of rotatable bonds is 51. The molecule has 6 rings (SSSR count). The van der Waals surface area contributed by atoms with Crippen molar-refractivity contribution in [2.75, 3.05) is 103 Å². The van der Waals surface area contributed by atoms with Crippen molar-refractivity contribution in [3.63, 3.8) is 0 Å². The van der Waals surface area contributed by atoms with Gasteiger partial charge in [-0.1, -0.05) is 127 Å². The second-order valence-electron chi connectivity index (χ2n) is 29.7. The lowest BCUT2D eigenvalue weighted by Crippen LogP contribution is -2.59. The number of fused-ring (bicyclic) bond motifs is 2. The lowest BCUT2D eigenvalue weighted by Gasteiger charge is -2.40. The first-order valence-electron chi connectivity index (χ1n) is 39.5. The lowest BCUT2D eigenvalue weighted by atomic mass is 9.84. The molecule has 1 saturated heterocycles. The number of carboxylic acids is 2. The molecule has 3 heterocycles. The summed E-state index contributed by atoms with van der Waals surface area (Å²) in [6.45, 7) is 23.0. The zero-order chi connectivity index (χ0) is 80.8. The minimum atomic E-state index is -1.27. The summed E-state index contributed by atoms with van der Waals surface area (Å²) in [5.41, 5.74) is 4.00. The fraction of sp³-hybridized carbons (Fsp3) is 0.602. The number of nitrogens with one attached hydrogen (secondary N) is 6. The molecule has 0 bridgehead atoms. The number of carboxylic acid groups (broad SMARTS) is 2. The smallest absolute Gasteiger partial charge is 0.309 e. The number of piperidine rings is 1. The SMILES string of the molecule is C=CC1Cc2ccccc2N(C(=O)CCC(=O)NCCOCCOCCOCCOCCC(=O)N[C@@H](CCC(=O)O)C(=O)NCC(=O)Nc2ccc(C[C@@H](CC(C)(C)C(=O)O)NC(=O)c3csc([C@@H](C[C@H](C(C)C)N(CCCCCC)C(=O)[C@@H](NC(=O)[C@H]4CCCCN4C)[C@@H](C)CC)OCC)n3)cc2)Cc2ccccc21. The number of aliphatic carboxylic acids is 2. The lowest BCUT2D eigenvalue weighted by molar-refractivity contribution is -0.147. The van der Waals surface area contributed by atoms with Crippen molar-refractivity contribution in [2.24, 2.45) is 17.3 Å². The Bertz CT molecular complexity index is 3630. The third-order valence-corrected chi connectivity index (χ3v) is 21.3. The van der Waals surface area contributed by atoms with E-state index in [0.717, 1.165) is 73.9 Å². The van der Waals surface area contributed by atoms with Crippen LogP contribution in [0.2, 0.25) is 0 Å². The van der Waals surface area contributed by atoms with Gasteiger partial charge in [0.1, 0.15) is 28.9 Å². The Morgan fingerprint density at radius 3 is 2.07 bits per heavy atom. The van der Waals surface area contributed by atoms with Crippen LogP contribution >= 0.6 is 11.3 Å². The summed E-state index contributed by atoms with van der Waals surface area (Å²) in [4.78, 5) is 144. The molecule has 3 aromatic carbocycles. The molecule has 4 aromatic rings. The molecule has 8 N–H and O–H groups in total. The normalized spacial score (nSPS) is 16.0. The number of para-hydroxylation sites is 1. The predicted molar refractivity (Wildman–Crippen MR) is 426 cm³/mol. The number of nitrogens with zero attached hydrogens (tertiary/aromatic N) is 4. The van der Waals surface area contributed by atoms with Crippen LogP contribution in [0.3, 0.4) is 0 Å². The summed E-state index contributed by atoms with van der Waals surface area (Å²) < 4.78 is 28.6. The minimum absolute atomic E-state index is 0.0200. The molecule has 1 aromatic heterocycles. The standard InChI is InChI=1S/C83H122N10O17S/c1-11-15-16-22-40-92(81(103)76(57(7)12-2)90-79(102)68-28-21-23-39-91(68)10)69(56(5)6)51-70(110-14-4)80-89-66(55-111-80)78(101)87-63(52-83(8,9)82(104)105)49-58-29-31-62(32-30-58)86-73(96)53-85-77(100)65(33-36-75(98)99)88-72(95)37-41-106-43-45-108-47-48-109-46-44-107-42-38-84-71(94)34-35-74(97)93-54-61-25-17-19-26-64(61)59(13-3)50-60-24-18-20-27-67(60)93/h13,17-20,24-27,29-32,55-57,59,63,65,68-70,76H,3,11-12,14-16,21-23,28,33-54H2,1-2,4-10H3,(H,84,94)(H,85,100)(H,86,96)(H,87,101)(H,88,95)(H,90,102)(H,98,99)(H,104,105)/t57-,59?,63-,65-,68+,69+,70+,76-/m0/s1. The predicted octanol–water partition coefficient (Wildman–Crippen LogP) is 9.72. The third kappa shape index (κ3) is 30.8. The molecular formula is C83H122N10O17S. The Hall–Kier alpha value is -8.51. The van der Waals surface area contributed by atoms with Crippen molar-refractivity contribution in [2.45, 2.75) is 213 Å². The zero-order valence-electron chi connectivity index (χ0n) is 66.6. The number of unbranched alkanes of at least 4 members (excludes halogenated alkanes) is 3. The number of likely N-dealkylation sites (N-methyl/N-ethyl adjacent to an activating group) is 1. The molecule has 2 aliphatic rings. The van der Waals surface area contributed by atoms with Crippen molar-refractivity contribution in [3.8, 4) is 0 Å². The van der Waals surface area contributed by atoms with Crippen LogP contribution in [-0.2, 0) is 86.2 Å². The number of carbonyl (C=O) groups is 10. The molecule has 1 fully saturated rings. The van der Waals surface area contributed by atoms with E-state index in [-0.39, 0.29) is 150 Å². The number of carbonyl (C=O) groups excluding carboxylic acids is 8. The number of likely N-dealkylation sites (tertiary alicyclic amines) is 1. The first kappa shape index (κ1) is 91.4. The van der Waals surface area contributed by atoms with Gasteiger partial charge in [0, 0.05) is 86.6 Å². The molecule has 2 aliphatic heterocycles. The monoisotopic (exact) mass is 1560 g/mol. The van der Waals surface area contributed by atoms with Crippen LogP contribution < -0.4 is 36.8 Å². The second kappa shape index (κ2) is 48.4. The van der Waals surface area contributed by atoms with Gasteiger partial charge in [0.15, 0.2) is 0 Å². The molecule has 111 heavy (non-hydrogen) atoms. The Morgan fingerprint density at radius 2 is 1.42 bits per heavy atom. The maximum atomic E-state index is 15.1. The highest BCUT2D eigenvalue weighted by Crippen LogP contribution is 2.36. The molecule has 8 amide bonds. The van der Waals surface area contributed by atoms with Crippen LogP contribution in [0.1, 0.15) is 201 Å². The van der Waals surface area contributed by atoms with Crippen LogP contribution in [0.5, 0.6) is 0 Å². The number of ether oxygens (including phenoxy) is 5. The van der Waals surface area contributed by atoms with Crippen molar-refractivity contribution < 1.29 is 81.8 Å². The molecule has 0 saturated carbocycles. The van der Waals surface area contributed by atoms with Gasteiger partial charge in [-0.3, -0.25) is 52.8 Å². The van der Waals surface area contributed by atoms with E-state index in [1.54, 1.807) is 48.4 Å². The van der Waals surface area contributed by atoms with Gasteiger partial charge >= 0.3 is 11.9 Å². The van der Waals surface area contributed by atoms with E-state index in [0.29, 0.717) is 61.8 Å². The quantitative estimate of drug-likeness (QED) is 0.0150. The van der Waals surface area contributed by atoms with Gasteiger partial charge in [-0.15, -0.1) is 17.9 Å². The molecule has 0 aliphatic carbocycles. The van der Waals surface area contributed by atoms with E-state index in [1.807, 2.05) is 81.3 Å². The van der Waals surface area contributed by atoms with Crippen LogP contribution in [0.25, 0.3) is 0 Å². The van der Waals surface area contributed by atoms with Crippen molar-refractivity contribution in [3.05, 3.63) is 124 Å². The molecular weight excluding hydrogens is 1440 g/mol. The fourth-order valence-corrected chi connectivity index (χ4v) is 14.6. The van der Waals surface area contributed by atoms with Crippen LogP contribution in [0, 0.1) is 17.3 Å². The second-order valence-corrected chi connectivity index (χ2v) is 30.6. The summed E-state index contributed by atoms with van der Waals surface area (Å²) in [7, 11) is 1.96. The number of hydrogen-bond donors (Lipinski definition) is 8. The first-order chi connectivity index (χ1) is 53.3. The van der Waals surface area contributed by atoms with E-state index in [2.05, 4.69) is 70.2 Å². The Balaban J connectivity index is 0.895. The van der Waals surface area contributed by atoms with Crippen molar-refractivity contribution in [1.29, 1.82) is 0 Å². The molecule has 1 unspecified atom stereocenters. The summed E-state index contributed by atoms with van der Waals surface area (Å²) in [5.74, 6) is -5.40. The van der Waals surface area contributed by atoms with Gasteiger partial charge in [-0.05, 0) is 132 Å². The highest BCUT2D eigenvalue weighted by atomic mass is 32.1. The van der Waals surface area contributed by atoms with Gasteiger partial charge in [-0.25, -0.2) is 4.98 Å².